The summed E-state index contributed by atoms with van der Waals surface area (Å²) in [6, 6.07) is 20.0. The number of halogens is 2. The van der Waals surface area contributed by atoms with Crippen LogP contribution in [-0.2, 0) is 17.8 Å². The Kier molecular flexibility index (Phi) is 4.89. The third-order valence-corrected chi connectivity index (χ3v) is 4.62. The summed E-state index contributed by atoms with van der Waals surface area (Å²) in [6.07, 6.45) is 2.16. The van der Waals surface area contributed by atoms with Crippen LogP contribution in [0.3, 0.4) is 0 Å². The van der Waals surface area contributed by atoms with Gasteiger partial charge in [0, 0.05) is 29.3 Å². The van der Waals surface area contributed by atoms with Gasteiger partial charge in [0.1, 0.15) is 11.6 Å². The topological polar surface area (TPSA) is 34.0 Å². The molecule has 0 unspecified atom stereocenters. The maximum atomic E-state index is 13.2. The smallest absolute Gasteiger partial charge is 0.228 e. The van der Waals surface area contributed by atoms with Crippen LogP contribution in [0.15, 0.2) is 79.0 Å². The van der Waals surface area contributed by atoms with Crippen molar-refractivity contribution in [2.75, 3.05) is 5.32 Å². The fourth-order valence-electron chi connectivity index (χ4n) is 3.29. The standard InChI is InChI=1S/C23H18F2N2O/c24-18-7-5-16(6-8-18)14-27-15-17(21-3-1-2-4-22(21)27)13-23(28)26-20-11-9-19(25)10-12-20/h1-12,15H,13-14H2,(H,26,28). The number of rotatable bonds is 5. The van der Waals surface area contributed by atoms with Crippen LogP contribution in [0.25, 0.3) is 10.9 Å². The van der Waals surface area contributed by atoms with Crippen LogP contribution in [0.5, 0.6) is 0 Å². The largest absolute Gasteiger partial charge is 0.343 e. The van der Waals surface area contributed by atoms with Gasteiger partial charge in [0.05, 0.1) is 6.42 Å². The second-order valence-corrected chi connectivity index (χ2v) is 6.66. The number of carbonyl (C=O) groups excluding carboxylic acids is 1. The summed E-state index contributed by atoms with van der Waals surface area (Å²) in [5.74, 6) is -0.780. The number of amides is 1. The normalized spacial score (nSPS) is 10.9. The highest BCUT2D eigenvalue weighted by Crippen LogP contribution is 2.23. The molecule has 140 valence electrons. The number of benzene rings is 3. The van der Waals surface area contributed by atoms with E-state index in [1.54, 1.807) is 12.1 Å². The third kappa shape index (κ3) is 3.93. The molecule has 4 rings (SSSR count). The lowest BCUT2D eigenvalue weighted by molar-refractivity contribution is -0.115. The minimum Gasteiger partial charge on any atom is -0.343 e. The highest BCUT2D eigenvalue weighted by molar-refractivity contribution is 5.96. The second-order valence-electron chi connectivity index (χ2n) is 6.66. The van der Waals surface area contributed by atoms with Gasteiger partial charge in [-0.15, -0.1) is 0 Å². The van der Waals surface area contributed by atoms with Crippen molar-refractivity contribution in [2.45, 2.75) is 13.0 Å². The Bertz CT molecular complexity index is 1120. The molecule has 0 aliphatic heterocycles. The van der Waals surface area contributed by atoms with Crippen molar-refractivity contribution in [1.82, 2.24) is 4.57 Å². The summed E-state index contributed by atoms with van der Waals surface area (Å²) in [6.45, 7) is 0.584. The van der Waals surface area contributed by atoms with Gasteiger partial charge in [0.15, 0.2) is 0 Å². The fraction of sp³-hybridized carbons (Fsp3) is 0.0870. The molecule has 1 aromatic heterocycles. The quantitative estimate of drug-likeness (QED) is 0.514. The van der Waals surface area contributed by atoms with Crippen molar-refractivity contribution in [3.8, 4) is 0 Å². The van der Waals surface area contributed by atoms with Gasteiger partial charge >= 0.3 is 0 Å². The number of fused-ring (bicyclic) bond motifs is 1. The van der Waals surface area contributed by atoms with E-state index in [0.29, 0.717) is 12.2 Å². The molecular weight excluding hydrogens is 358 g/mol. The Morgan fingerprint density at radius 3 is 2.21 bits per heavy atom. The van der Waals surface area contributed by atoms with E-state index >= 15 is 0 Å². The van der Waals surface area contributed by atoms with Crippen molar-refractivity contribution < 1.29 is 13.6 Å². The van der Waals surface area contributed by atoms with Crippen molar-refractivity contribution in [3.63, 3.8) is 0 Å². The van der Waals surface area contributed by atoms with Gasteiger partial charge in [0.25, 0.3) is 0 Å². The molecule has 0 saturated carbocycles. The molecule has 3 aromatic carbocycles. The molecule has 3 nitrogen and oxygen atoms in total. The van der Waals surface area contributed by atoms with E-state index in [4.69, 9.17) is 0 Å². The first-order valence-corrected chi connectivity index (χ1v) is 8.95. The summed E-state index contributed by atoms with van der Waals surface area (Å²) in [5.41, 5.74) is 3.44. The molecule has 0 atom stereocenters. The summed E-state index contributed by atoms with van der Waals surface area (Å²) in [7, 11) is 0. The van der Waals surface area contributed by atoms with E-state index < -0.39 is 0 Å². The Hall–Kier alpha value is -3.47. The van der Waals surface area contributed by atoms with Gasteiger partial charge in [-0.3, -0.25) is 4.79 Å². The average Bonchev–Trinajstić information content (AvgIpc) is 3.03. The Balaban J connectivity index is 1.57. The molecule has 0 aliphatic rings. The average molecular weight is 376 g/mol. The predicted molar refractivity (Wildman–Crippen MR) is 106 cm³/mol. The predicted octanol–water partition coefficient (Wildman–Crippen LogP) is 5.15. The van der Waals surface area contributed by atoms with Crippen molar-refractivity contribution in [1.29, 1.82) is 0 Å². The molecule has 28 heavy (non-hydrogen) atoms. The van der Waals surface area contributed by atoms with Crippen molar-refractivity contribution in [2.24, 2.45) is 0 Å². The SMILES string of the molecule is O=C(Cc1cn(Cc2ccc(F)cc2)c2ccccc12)Nc1ccc(F)cc1. The number of hydrogen-bond donors (Lipinski definition) is 1. The van der Waals surface area contributed by atoms with Crippen LogP contribution in [0.2, 0.25) is 0 Å². The van der Waals surface area contributed by atoms with Crippen molar-refractivity contribution >= 4 is 22.5 Å². The van der Waals surface area contributed by atoms with Crippen LogP contribution in [0, 0.1) is 11.6 Å². The zero-order valence-corrected chi connectivity index (χ0v) is 15.0. The minimum atomic E-state index is -0.345. The highest BCUT2D eigenvalue weighted by Gasteiger charge is 2.12. The molecule has 5 heteroatoms. The van der Waals surface area contributed by atoms with Gasteiger partial charge < -0.3 is 9.88 Å². The summed E-state index contributed by atoms with van der Waals surface area (Å²) >= 11 is 0. The van der Waals surface area contributed by atoms with E-state index in [9.17, 15) is 13.6 Å². The molecule has 1 N–H and O–H groups in total. The lowest BCUT2D eigenvalue weighted by Crippen LogP contribution is -2.14. The van der Waals surface area contributed by atoms with E-state index in [0.717, 1.165) is 22.0 Å². The maximum absolute atomic E-state index is 13.2. The number of nitrogens with one attached hydrogen (secondary N) is 1. The van der Waals surface area contributed by atoms with Gasteiger partial charge in [0.2, 0.25) is 5.91 Å². The Morgan fingerprint density at radius 2 is 1.50 bits per heavy atom. The van der Waals surface area contributed by atoms with Crippen LogP contribution in [0.4, 0.5) is 14.5 Å². The van der Waals surface area contributed by atoms with E-state index in [1.807, 2.05) is 30.5 Å². The first kappa shape index (κ1) is 17.9. The zero-order valence-electron chi connectivity index (χ0n) is 15.0. The van der Waals surface area contributed by atoms with Crippen molar-refractivity contribution in [3.05, 3.63) is 102 Å². The summed E-state index contributed by atoms with van der Waals surface area (Å²) in [4.78, 5) is 12.5. The molecule has 0 radical (unpaired) electrons. The summed E-state index contributed by atoms with van der Waals surface area (Å²) < 4.78 is 28.2. The summed E-state index contributed by atoms with van der Waals surface area (Å²) in [5, 5.41) is 3.79. The van der Waals surface area contributed by atoms with Crippen LogP contribution in [0.1, 0.15) is 11.1 Å². The fourth-order valence-corrected chi connectivity index (χ4v) is 3.29. The molecular formula is C23H18F2N2O. The zero-order chi connectivity index (χ0) is 19.5. The molecule has 0 bridgehead atoms. The second kappa shape index (κ2) is 7.64. The number of aromatic nitrogens is 1. The number of hydrogen-bond acceptors (Lipinski definition) is 1. The lowest BCUT2D eigenvalue weighted by Gasteiger charge is -2.05. The first-order valence-electron chi connectivity index (χ1n) is 8.95. The third-order valence-electron chi connectivity index (χ3n) is 4.62. The van der Waals surface area contributed by atoms with E-state index in [-0.39, 0.29) is 24.0 Å². The number of anilines is 1. The van der Waals surface area contributed by atoms with E-state index in [1.165, 1.54) is 36.4 Å². The molecule has 0 aliphatic carbocycles. The lowest BCUT2D eigenvalue weighted by atomic mass is 10.1. The van der Waals surface area contributed by atoms with Crippen LogP contribution < -0.4 is 5.32 Å². The molecule has 1 heterocycles. The minimum absolute atomic E-state index is 0.170. The van der Waals surface area contributed by atoms with Crippen LogP contribution >= 0.6 is 0 Å². The van der Waals surface area contributed by atoms with Gasteiger partial charge in [-0.2, -0.15) is 0 Å². The monoisotopic (exact) mass is 376 g/mol. The number of carbonyl (C=O) groups is 1. The van der Waals surface area contributed by atoms with Crippen LogP contribution in [-0.4, -0.2) is 10.5 Å². The maximum Gasteiger partial charge on any atom is 0.228 e. The Labute approximate surface area is 161 Å². The molecule has 0 fully saturated rings. The number of nitrogens with zero attached hydrogens (tertiary/aromatic N) is 1. The van der Waals surface area contributed by atoms with Gasteiger partial charge in [-0.1, -0.05) is 30.3 Å². The van der Waals surface area contributed by atoms with Gasteiger partial charge in [-0.05, 0) is 53.6 Å². The van der Waals surface area contributed by atoms with E-state index in [2.05, 4.69) is 9.88 Å². The molecule has 4 aromatic rings. The highest BCUT2D eigenvalue weighted by atomic mass is 19.1. The molecule has 1 amide bonds. The Morgan fingerprint density at radius 1 is 0.857 bits per heavy atom. The number of para-hydroxylation sites is 1. The van der Waals surface area contributed by atoms with Gasteiger partial charge in [-0.25, -0.2) is 8.78 Å². The molecule has 0 spiro atoms. The first-order chi connectivity index (χ1) is 13.6. The molecule has 0 saturated heterocycles.